The van der Waals surface area contributed by atoms with Crippen molar-refractivity contribution in [1.82, 2.24) is 14.7 Å². The average molecular weight is 433 g/mol. The Bertz CT molecular complexity index is 1060. The second-order valence-corrected chi connectivity index (χ2v) is 8.19. The van der Waals surface area contributed by atoms with Gasteiger partial charge in [0.05, 0.1) is 11.9 Å². The van der Waals surface area contributed by atoms with Crippen molar-refractivity contribution in [2.24, 2.45) is 0 Å². The molecule has 3 aromatic rings. The smallest absolute Gasteiger partial charge is 0.255 e. The van der Waals surface area contributed by atoms with Gasteiger partial charge in [-0.3, -0.25) is 14.3 Å². The Morgan fingerprint density at radius 2 is 1.94 bits per heavy atom. The molecule has 1 aliphatic rings. The van der Waals surface area contributed by atoms with Crippen molar-refractivity contribution >= 4 is 17.5 Å². The minimum atomic E-state index is -0.209. The number of benzene rings is 2. The van der Waals surface area contributed by atoms with Crippen molar-refractivity contribution in [3.05, 3.63) is 78.1 Å². The van der Waals surface area contributed by atoms with E-state index in [9.17, 15) is 14.7 Å². The third kappa shape index (κ3) is 5.55. The van der Waals surface area contributed by atoms with Gasteiger partial charge in [0.25, 0.3) is 5.91 Å². The van der Waals surface area contributed by atoms with E-state index < -0.39 is 0 Å². The van der Waals surface area contributed by atoms with E-state index in [2.05, 4.69) is 10.4 Å². The number of piperidine rings is 1. The summed E-state index contributed by atoms with van der Waals surface area (Å²) in [5, 5.41) is 16.7. The molecule has 7 nitrogen and oxygen atoms in total. The maximum atomic E-state index is 13.0. The van der Waals surface area contributed by atoms with Crippen LogP contribution < -0.4 is 5.32 Å². The molecule has 2 heterocycles. The first kappa shape index (κ1) is 21.6. The molecule has 1 atom stereocenters. The zero-order valence-electron chi connectivity index (χ0n) is 18.0. The van der Waals surface area contributed by atoms with E-state index in [1.165, 1.54) is 0 Å². The Morgan fingerprint density at radius 3 is 2.75 bits per heavy atom. The summed E-state index contributed by atoms with van der Waals surface area (Å²) in [6.07, 6.45) is 8.04. The number of aromatic nitrogens is 2. The molecule has 7 heteroatoms. The van der Waals surface area contributed by atoms with Crippen LogP contribution in [0.2, 0.25) is 0 Å². The monoisotopic (exact) mass is 432 g/mol. The molecule has 1 aliphatic heterocycles. The third-order valence-electron chi connectivity index (χ3n) is 5.85. The second kappa shape index (κ2) is 10.1. The van der Waals surface area contributed by atoms with Crippen LogP contribution in [0, 0.1) is 0 Å². The number of carbonyl (C=O) groups excluding carboxylic acids is 2. The van der Waals surface area contributed by atoms with Crippen molar-refractivity contribution < 1.29 is 14.7 Å². The van der Waals surface area contributed by atoms with E-state index in [4.69, 9.17) is 0 Å². The Labute approximate surface area is 187 Å². The van der Waals surface area contributed by atoms with Crippen molar-refractivity contribution in [2.45, 2.75) is 44.7 Å². The van der Waals surface area contributed by atoms with Crippen LogP contribution in [0.15, 0.2) is 67.0 Å². The molecule has 1 unspecified atom stereocenters. The van der Waals surface area contributed by atoms with Gasteiger partial charge in [-0.05, 0) is 61.9 Å². The topological polar surface area (TPSA) is 87.5 Å². The molecule has 32 heavy (non-hydrogen) atoms. The number of nitrogens with one attached hydrogen (secondary N) is 1. The summed E-state index contributed by atoms with van der Waals surface area (Å²) in [7, 11) is 0. The lowest BCUT2D eigenvalue weighted by Gasteiger charge is -2.36. The molecule has 0 radical (unpaired) electrons. The van der Waals surface area contributed by atoms with E-state index in [-0.39, 0.29) is 30.2 Å². The number of likely N-dealkylation sites (tertiary alicyclic amines) is 1. The molecule has 0 bridgehead atoms. The third-order valence-corrected chi connectivity index (χ3v) is 5.85. The first-order valence-corrected chi connectivity index (χ1v) is 11.0. The van der Waals surface area contributed by atoms with E-state index in [1.807, 2.05) is 35.2 Å². The summed E-state index contributed by atoms with van der Waals surface area (Å²) in [4.78, 5) is 27.3. The molecule has 0 saturated carbocycles. The minimum Gasteiger partial charge on any atom is -0.508 e. The van der Waals surface area contributed by atoms with Crippen LogP contribution in [-0.4, -0.2) is 44.2 Å². The molecule has 0 aliphatic carbocycles. The number of rotatable bonds is 7. The lowest BCUT2D eigenvalue weighted by molar-refractivity contribution is -0.135. The van der Waals surface area contributed by atoms with Crippen molar-refractivity contribution in [3.63, 3.8) is 0 Å². The van der Waals surface area contributed by atoms with Gasteiger partial charge < -0.3 is 15.3 Å². The highest BCUT2D eigenvalue weighted by molar-refractivity contribution is 6.04. The lowest BCUT2D eigenvalue weighted by Crippen LogP contribution is -2.45. The predicted octanol–water partition coefficient (Wildman–Crippen LogP) is 3.85. The summed E-state index contributed by atoms with van der Waals surface area (Å²) in [5.74, 6) is 0.0992. The lowest BCUT2D eigenvalue weighted by atomic mass is 9.95. The van der Waals surface area contributed by atoms with Gasteiger partial charge in [0.2, 0.25) is 5.91 Å². The number of anilines is 1. The maximum Gasteiger partial charge on any atom is 0.255 e. The van der Waals surface area contributed by atoms with Gasteiger partial charge in [0.15, 0.2) is 0 Å². The molecular weight excluding hydrogens is 404 g/mol. The molecule has 1 aromatic heterocycles. The fourth-order valence-corrected chi connectivity index (χ4v) is 4.21. The van der Waals surface area contributed by atoms with Crippen molar-refractivity contribution in [3.8, 4) is 5.75 Å². The highest BCUT2D eigenvalue weighted by atomic mass is 16.3. The fraction of sp³-hybridized carbons (Fsp3) is 0.320. The largest absolute Gasteiger partial charge is 0.508 e. The molecule has 2 amide bonds. The normalized spacial score (nSPS) is 16.0. The number of amides is 2. The fourth-order valence-electron chi connectivity index (χ4n) is 4.21. The van der Waals surface area contributed by atoms with Gasteiger partial charge in [0, 0.05) is 24.3 Å². The molecule has 0 spiro atoms. The van der Waals surface area contributed by atoms with Crippen LogP contribution >= 0.6 is 0 Å². The zero-order valence-corrected chi connectivity index (χ0v) is 18.0. The van der Waals surface area contributed by atoms with E-state index in [0.717, 1.165) is 44.2 Å². The van der Waals surface area contributed by atoms with Gasteiger partial charge >= 0.3 is 0 Å². The summed E-state index contributed by atoms with van der Waals surface area (Å²) < 4.78 is 1.57. The maximum absolute atomic E-state index is 13.0. The quantitative estimate of drug-likeness (QED) is 0.594. The van der Waals surface area contributed by atoms with Gasteiger partial charge in [-0.15, -0.1) is 0 Å². The van der Waals surface area contributed by atoms with Crippen LogP contribution in [0.5, 0.6) is 5.75 Å². The highest BCUT2D eigenvalue weighted by Gasteiger charge is 2.26. The van der Waals surface area contributed by atoms with Crippen LogP contribution in [0.4, 0.5) is 5.69 Å². The number of aryl methyl sites for hydroxylation is 1. The van der Waals surface area contributed by atoms with Gasteiger partial charge in [-0.25, -0.2) is 0 Å². The Kier molecular flexibility index (Phi) is 6.84. The highest BCUT2D eigenvalue weighted by Crippen LogP contribution is 2.23. The number of aromatic hydroxyl groups is 1. The number of nitrogens with zero attached hydrogens (tertiary/aromatic N) is 3. The summed E-state index contributed by atoms with van der Waals surface area (Å²) in [6, 6.07) is 16.5. The number of hydrogen-bond donors (Lipinski definition) is 2. The van der Waals surface area contributed by atoms with Crippen LogP contribution in [-0.2, 0) is 17.8 Å². The first-order chi connectivity index (χ1) is 15.6. The molecule has 166 valence electrons. The standard InChI is InChI=1S/C25H28N4O3/c30-23-11-6-7-19(15-23)12-13-22-10-4-5-14-29(22)24(31)18-28-17-21(16-26-28)27-25(32)20-8-2-1-3-9-20/h1-3,6-9,11,15-17,22,30H,4-5,10,12-14,18H2,(H,27,32). The summed E-state index contributed by atoms with van der Waals surface area (Å²) in [6.45, 7) is 0.895. The van der Waals surface area contributed by atoms with Gasteiger partial charge in [0.1, 0.15) is 12.3 Å². The Hall–Kier alpha value is -3.61. The van der Waals surface area contributed by atoms with Crippen molar-refractivity contribution in [2.75, 3.05) is 11.9 Å². The number of hydrogen-bond acceptors (Lipinski definition) is 4. The molecule has 1 fully saturated rings. The zero-order chi connectivity index (χ0) is 22.3. The Morgan fingerprint density at radius 1 is 1.09 bits per heavy atom. The molecule has 2 N–H and O–H groups in total. The molecule has 2 aromatic carbocycles. The van der Waals surface area contributed by atoms with E-state index >= 15 is 0 Å². The van der Waals surface area contributed by atoms with Crippen LogP contribution in [0.25, 0.3) is 0 Å². The predicted molar refractivity (Wildman–Crippen MR) is 122 cm³/mol. The van der Waals surface area contributed by atoms with Crippen LogP contribution in [0.3, 0.4) is 0 Å². The van der Waals surface area contributed by atoms with Gasteiger partial charge in [-0.1, -0.05) is 30.3 Å². The second-order valence-electron chi connectivity index (χ2n) is 8.19. The summed E-state index contributed by atoms with van der Waals surface area (Å²) in [5.41, 5.74) is 2.21. The number of carbonyl (C=O) groups is 2. The van der Waals surface area contributed by atoms with E-state index in [1.54, 1.807) is 41.3 Å². The van der Waals surface area contributed by atoms with Crippen LogP contribution in [0.1, 0.15) is 41.6 Å². The number of phenols is 1. The first-order valence-electron chi connectivity index (χ1n) is 11.0. The molecular formula is C25H28N4O3. The van der Waals surface area contributed by atoms with Crippen molar-refractivity contribution in [1.29, 1.82) is 0 Å². The Balaban J connectivity index is 1.34. The van der Waals surface area contributed by atoms with Gasteiger partial charge in [-0.2, -0.15) is 5.10 Å². The SMILES string of the molecule is O=C(Nc1cnn(CC(=O)N2CCCCC2CCc2cccc(O)c2)c1)c1ccccc1. The van der Waals surface area contributed by atoms with E-state index in [0.29, 0.717) is 11.3 Å². The minimum absolute atomic E-state index is 0.0367. The molecule has 1 saturated heterocycles. The number of phenolic OH excluding ortho intramolecular Hbond substituents is 1. The summed E-state index contributed by atoms with van der Waals surface area (Å²) >= 11 is 0. The molecule has 4 rings (SSSR count). The average Bonchev–Trinajstić information content (AvgIpc) is 3.25.